The molecule has 0 atom stereocenters. The van der Waals surface area contributed by atoms with Crippen molar-refractivity contribution in [2.75, 3.05) is 7.11 Å². The van der Waals surface area contributed by atoms with Crippen LogP contribution in [-0.4, -0.2) is 19.2 Å². The first-order valence-corrected chi connectivity index (χ1v) is 7.71. The van der Waals surface area contributed by atoms with E-state index in [-0.39, 0.29) is 5.91 Å². The van der Waals surface area contributed by atoms with Crippen molar-refractivity contribution in [3.05, 3.63) is 76.8 Å². The molecule has 0 saturated carbocycles. The molecule has 0 fully saturated rings. The summed E-state index contributed by atoms with van der Waals surface area (Å²) >= 11 is 5.81. The van der Waals surface area contributed by atoms with Crippen LogP contribution in [0, 0.1) is 0 Å². The fourth-order valence-corrected chi connectivity index (χ4v) is 2.53. The molecule has 0 saturated heterocycles. The molecule has 1 N–H and O–H groups in total. The van der Waals surface area contributed by atoms with Crippen LogP contribution in [0.5, 0.6) is 5.75 Å². The SMILES string of the molecule is COc1ccc2ccccc2c1C=NNC(=O)c1ccc(Cl)cc1. The number of nitrogens with one attached hydrogen (secondary N) is 1. The summed E-state index contributed by atoms with van der Waals surface area (Å²) in [6.45, 7) is 0. The number of methoxy groups -OCH3 is 1. The van der Waals surface area contributed by atoms with E-state index in [0.717, 1.165) is 16.3 Å². The van der Waals surface area contributed by atoms with Gasteiger partial charge in [-0.3, -0.25) is 4.79 Å². The van der Waals surface area contributed by atoms with Gasteiger partial charge in [0.2, 0.25) is 0 Å². The summed E-state index contributed by atoms with van der Waals surface area (Å²) in [5.74, 6) is 0.389. The molecule has 0 unspecified atom stereocenters. The summed E-state index contributed by atoms with van der Waals surface area (Å²) in [6, 6.07) is 18.4. The van der Waals surface area contributed by atoms with Gasteiger partial charge in [0.1, 0.15) is 5.75 Å². The lowest BCUT2D eigenvalue weighted by Gasteiger charge is -2.08. The Morgan fingerprint density at radius 3 is 2.58 bits per heavy atom. The number of hydrogen-bond acceptors (Lipinski definition) is 3. The van der Waals surface area contributed by atoms with E-state index in [1.54, 1.807) is 37.6 Å². The van der Waals surface area contributed by atoms with E-state index >= 15 is 0 Å². The van der Waals surface area contributed by atoms with E-state index in [1.807, 2.05) is 36.4 Å². The zero-order valence-corrected chi connectivity index (χ0v) is 13.7. The van der Waals surface area contributed by atoms with Crippen LogP contribution in [0.1, 0.15) is 15.9 Å². The third-order valence-electron chi connectivity index (χ3n) is 3.62. The maximum Gasteiger partial charge on any atom is 0.271 e. The van der Waals surface area contributed by atoms with Crippen molar-refractivity contribution in [3.8, 4) is 5.75 Å². The molecular formula is C19H15ClN2O2. The standard InChI is InChI=1S/C19H15ClN2O2/c1-24-18-11-8-13-4-2-3-5-16(13)17(18)12-21-22-19(23)14-6-9-15(20)10-7-14/h2-12H,1H3,(H,22,23). The lowest BCUT2D eigenvalue weighted by molar-refractivity contribution is 0.0955. The minimum atomic E-state index is -0.304. The Kier molecular flexibility index (Phi) is 4.77. The minimum absolute atomic E-state index is 0.304. The minimum Gasteiger partial charge on any atom is -0.496 e. The molecule has 0 aromatic heterocycles. The van der Waals surface area contributed by atoms with Gasteiger partial charge >= 0.3 is 0 Å². The number of hydrogen-bond donors (Lipinski definition) is 1. The average Bonchev–Trinajstić information content (AvgIpc) is 2.62. The van der Waals surface area contributed by atoms with Gasteiger partial charge < -0.3 is 4.74 Å². The molecule has 3 aromatic rings. The summed E-state index contributed by atoms with van der Waals surface area (Å²) in [5, 5.41) is 6.71. The molecule has 0 spiro atoms. The number of carbonyl (C=O) groups excluding carboxylic acids is 1. The number of nitrogens with zero attached hydrogens (tertiary/aromatic N) is 1. The lowest BCUT2D eigenvalue weighted by atomic mass is 10.0. The zero-order valence-electron chi connectivity index (χ0n) is 13.0. The Balaban J connectivity index is 1.85. The van der Waals surface area contributed by atoms with Crippen molar-refractivity contribution in [3.63, 3.8) is 0 Å². The average molecular weight is 339 g/mol. The van der Waals surface area contributed by atoms with Crippen molar-refractivity contribution < 1.29 is 9.53 Å². The number of hydrazone groups is 1. The number of benzene rings is 3. The Morgan fingerprint density at radius 2 is 1.83 bits per heavy atom. The van der Waals surface area contributed by atoms with Gasteiger partial charge in [-0.25, -0.2) is 5.43 Å². The van der Waals surface area contributed by atoms with Crippen molar-refractivity contribution in [2.45, 2.75) is 0 Å². The van der Waals surface area contributed by atoms with Gasteiger partial charge in [0.25, 0.3) is 5.91 Å². The summed E-state index contributed by atoms with van der Waals surface area (Å²) in [6.07, 6.45) is 1.59. The Hall–Kier alpha value is -2.85. The highest BCUT2D eigenvalue weighted by Gasteiger charge is 2.07. The lowest BCUT2D eigenvalue weighted by Crippen LogP contribution is -2.17. The van der Waals surface area contributed by atoms with Gasteiger partial charge in [-0.05, 0) is 41.1 Å². The van der Waals surface area contributed by atoms with E-state index in [1.165, 1.54) is 0 Å². The third-order valence-corrected chi connectivity index (χ3v) is 3.87. The number of ether oxygens (including phenoxy) is 1. The van der Waals surface area contributed by atoms with Crippen molar-refractivity contribution >= 4 is 34.5 Å². The highest BCUT2D eigenvalue weighted by Crippen LogP contribution is 2.26. The monoisotopic (exact) mass is 338 g/mol. The second-order valence-corrected chi connectivity index (χ2v) is 5.55. The van der Waals surface area contributed by atoms with Crippen molar-refractivity contribution in [2.24, 2.45) is 5.10 Å². The van der Waals surface area contributed by atoms with E-state index < -0.39 is 0 Å². The molecule has 0 bridgehead atoms. The van der Waals surface area contributed by atoms with E-state index in [2.05, 4.69) is 10.5 Å². The van der Waals surface area contributed by atoms with Crippen LogP contribution in [0.4, 0.5) is 0 Å². The number of rotatable bonds is 4. The molecule has 0 heterocycles. The first-order valence-electron chi connectivity index (χ1n) is 7.34. The molecule has 5 heteroatoms. The highest BCUT2D eigenvalue weighted by atomic mass is 35.5. The highest BCUT2D eigenvalue weighted by molar-refractivity contribution is 6.30. The zero-order chi connectivity index (χ0) is 16.9. The molecule has 0 aliphatic rings. The third kappa shape index (κ3) is 3.39. The maximum atomic E-state index is 12.1. The smallest absolute Gasteiger partial charge is 0.271 e. The van der Waals surface area contributed by atoms with E-state index in [0.29, 0.717) is 16.3 Å². The number of fused-ring (bicyclic) bond motifs is 1. The largest absolute Gasteiger partial charge is 0.496 e. The first kappa shape index (κ1) is 16.0. The summed E-state index contributed by atoms with van der Waals surface area (Å²) in [5.41, 5.74) is 3.81. The molecule has 120 valence electrons. The number of amides is 1. The van der Waals surface area contributed by atoms with Crippen LogP contribution in [0.2, 0.25) is 5.02 Å². The fraction of sp³-hybridized carbons (Fsp3) is 0.0526. The Bertz CT molecular complexity index is 905. The normalized spacial score (nSPS) is 10.9. The van der Waals surface area contributed by atoms with Crippen LogP contribution in [0.15, 0.2) is 65.8 Å². The fourth-order valence-electron chi connectivity index (χ4n) is 2.41. The molecule has 24 heavy (non-hydrogen) atoms. The predicted octanol–water partition coefficient (Wildman–Crippen LogP) is 4.27. The summed E-state index contributed by atoms with van der Waals surface area (Å²) < 4.78 is 5.39. The van der Waals surface area contributed by atoms with Gasteiger partial charge in [0.05, 0.1) is 13.3 Å². The molecule has 0 radical (unpaired) electrons. The molecule has 1 amide bonds. The van der Waals surface area contributed by atoms with Crippen LogP contribution in [-0.2, 0) is 0 Å². The van der Waals surface area contributed by atoms with Gasteiger partial charge in [-0.1, -0.05) is 41.9 Å². The van der Waals surface area contributed by atoms with Crippen LogP contribution in [0.3, 0.4) is 0 Å². The summed E-state index contributed by atoms with van der Waals surface area (Å²) in [4.78, 5) is 12.1. The predicted molar refractivity (Wildman–Crippen MR) is 97.0 cm³/mol. The van der Waals surface area contributed by atoms with E-state index in [9.17, 15) is 4.79 Å². The second-order valence-electron chi connectivity index (χ2n) is 5.11. The van der Waals surface area contributed by atoms with Crippen LogP contribution in [0.25, 0.3) is 10.8 Å². The number of carbonyl (C=O) groups is 1. The topological polar surface area (TPSA) is 50.7 Å². The first-order chi connectivity index (χ1) is 11.7. The second kappa shape index (κ2) is 7.15. The quantitative estimate of drug-likeness (QED) is 0.570. The molecule has 3 aromatic carbocycles. The van der Waals surface area contributed by atoms with Gasteiger partial charge in [-0.2, -0.15) is 5.10 Å². The Morgan fingerprint density at radius 1 is 1.08 bits per heavy atom. The molecule has 0 aliphatic carbocycles. The van der Waals surface area contributed by atoms with Crippen LogP contribution >= 0.6 is 11.6 Å². The molecular weight excluding hydrogens is 324 g/mol. The van der Waals surface area contributed by atoms with Gasteiger partial charge in [0.15, 0.2) is 0 Å². The molecule has 3 rings (SSSR count). The Labute approximate surface area is 144 Å². The van der Waals surface area contributed by atoms with Crippen molar-refractivity contribution in [1.29, 1.82) is 0 Å². The summed E-state index contributed by atoms with van der Waals surface area (Å²) in [7, 11) is 1.60. The van der Waals surface area contributed by atoms with Crippen molar-refractivity contribution in [1.82, 2.24) is 5.43 Å². The van der Waals surface area contributed by atoms with Gasteiger partial charge in [-0.15, -0.1) is 0 Å². The maximum absolute atomic E-state index is 12.1. The van der Waals surface area contributed by atoms with Gasteiger partial charge in [0, 0.05) is 16.1 Å². The van der Waals surface area contributed by atoms with Crippen LogP contribution < -0.4 is 10.2 Å². The van der Waals surface area contributed by atoms with E-state index in [4.69, 9.17) is 16.3 Å². The molecule has 0 aliphatic heterocycles. The number of halogens is 1. The molecule has 4 nitrogen and oxygen atoms in total.